The summed E-state index contributed by atoms with van der Waals surface area (Å²) in [4.78, 5) is 13.1. The molecule has 1 N–H and O–H groups in total. The van der Waals surface area contributed by atoms with Crippen molar-refractivity contribution in [3.05, 3.63) is 32.8 Å². The molecule has 0 spiro atoms. The van der Waals surface area contributed by atoms with E-state index in [1.807, 2.05) is 13.1 Å². The Kier molecular flexibility index (Phi) is 4.76. The molecule has 0 radical (unpaired) electrons. The Morgan fingerprint density at radius 3 is 3.00 bits per heavy atom. The van der Waals surface area contributed by atoms with E-state index in [1.165, 1.54) is 6.42 Å². The van der Waals surface area contributed by atoms with Crippen LogP contribution in [0.3, 0.4) is 0 Å². The number of rotatable bonds is 4. The van der Waals surface area contributed by atoms with Gasteiger partial charge < -0.3 is 10.2 Å². The van der Waals surface area contributed by atoms with E-state index < -0.39 is 0 Å². The van der Waals surface area contributed by atoms with Crippen LogP contribution in [0.4, 0.5) is 11.4 Å². The second-order valence-corrected chi connectivity index (χ2v) is 5.71. The van der Waals surface area contributed by atoms with Gasteiger partial charge in [-0.15, -0.1) is 0 Å². The number of halogens is 1. The number of nitro groups is 1. The Morgan fingerprint density at radius 1 is 1.53 bits per heavy atom. The average Bonchev–Trinajstić information content (AvgIpc) is 2.39. The highest BCUT2D eigenvalue weighted by molar-refractivity contribution is 9.10. The molecule has 0 bridgehead atoms. The molecule has 104 valence electrons. The Balaban J connectivity index is 2.37. The van der Waals surface area contributed by atoms with Gasteiger partial charge in [0.05, 0.1) is 4.92 Å². The van der Waals surface area contributed by atoms with Crippen LogP contribution < -0.4 is 10.2 Å². The van der Waals surface area contributed by atoms with Crippen LogP contribution in [0.15, 0.2) is 22.7 Å². The molecule has 2 rings (SSSR count). The van der Waals surface area contributed by atoms with Gasteiger partial charge in [0.25, 0.3) is 5.69 Å². The fourth-order valence-electron chi connectivity index (χ4n) is 2.65. The minimum Gasteiger partial charge on any atom is -0.362 e. The topological polar surface area (TPSA) is 58.4 Å². The molecule has 1 unspecified atom stereocenters. The maximum atomic E-state index is 11.2. The van der Waals surface area contributed by atoms with Crippen molar-refractivity contribution in [2.75, 3.05) is 25.0 Å². The highest BCUT2D eigenvalue weighted by atomic mass is 79.9. The molecule has 0 aromatic heterocycles. The van der Waals surface area contributed by atoms with Gasteiger partial charge in [0, 0.05) is 29.7 Å². The molecule has 1 aliphatic rings. The van der Waals surface area contributed by atoms with Crippen LogP contribution in [0.1, 0.15) is 19.3 Å². The zero-order chi connectivity index (χ0) is 13.8. The molecular weight excluding hydrogens is 310 g/mol. The number of hydrogen-bond acceptors (Lipinski definition) is 4. The molecule has 0 saturated carbocycles. The monoisotopic (exact) mass is 327 g/mol. The van der Waals surface area contributed by atoms with Crippen molar-refractivity contribution >= 4 is 27.3 Å². The van der Waals surface area contributed by atoms with Gasteiger partial charge in [-0.1, -0.05) is 15.9 Å². The lowest BCUT2D eigenvalue weighted by Crippen LogP contribution is -2.45. The van der Waals surface area contributed by atoms with Crippen molar-refractivity contribution in [1.29, 1.82) is 0 Å². The van der Waals surface area contributed by atoms with Gasteiger partial charge in [-0.05, 0) is 38.4 Å². The fourth-order valence-corrected chi connectivity index (χ4v) is 3.00. The van der Waals surface area contributed by atoms with E-state index >= 15 is 0 Å². The minimum absolute atomic E-state index is 0.186. The molecular formula is C13H18BrN3O2. The predicted molar refractivity (Wildman–Crippen MR) is 79.7 cm³/mol. The standard InChI is InChI=1S/C13H18BrN3O2/c1-15-9-11-4-2-3-7-16(11)13-8-10(14)5-6-12(13)17(18)19/h5-6,8,11,15H,2-4,7,9H2,1H3. The maximum absolute atomic E-state index is 11.2. The predicted octanol–water partition coefficient (Wildman–Crippen LogP) is 2.94. The summed E-state index contributed by atoms with van der Waals surface area (Å²) in [5, 5.41) is 14.4. The molecule has 1 heterocycles. The lowest BCUT2D eigenvalue weighted by Gasteiger charge is -2.37. The first-order valence-electron chi connectivity index (χ1n) is 6.48. The summed E-state index contributed by atoms with van der Waals surface area (Å²) >= 11 is 3.41. The Hall–Kier alpha value is -1.14. The van der Waals surface area contributed by atoms with Crippen molar-refractivity contribution in [3.63, 3.8) is 0 Å². The molecule has 1 fully saturated rings. The molecule has 0 amide bonds. The van der Waals surface area contributed by atoms with Crippen LogP contribution >= 0.6 is 15.9 Å². The number of nitrogens with one attached hydrogen (secondary N) is 1. The Bertz CT molecular complexity index is 465. The van der Waals surface area contributed by atoms with Crippen LogP contribution in [-0.2, 0) is 0 Å². The van der Waals surface area contributed by atoms with Crippen molar-refractivity contribution < 1.29 is 4.92 Å². The summed E-state index contributed by atoms with van der Waals surface area (Å²) in [6.45, 7) is 1.73. The van der Waals surface area contributed by atoms with Gasteiger partial charge in [-0.2, -0.15) is 0 Å². The number of benzene rings is 1. The van der Waals surface area contributed by atoms with E-state index in [0.717, 1.165) is 36.1 Å². The Morgan fingerprint density at radius 2 is 2.32 bits per heavy atom. The third-order valence-electron chi connectivity index (χ3n) is 3.51. The number of hydrogen-bond donors (Lipinski definition) is 1. The number of anilines is 1. The largest absolute Gasteiger partial charge is 0.362 e. The van der Waals surface area contributed by atoms with E-state index in [0.29, 0.717) is 6.04 Å². The van der Waals surface area contributed by atoms with Crippen LogP contribution in [0.2, 0.25) is 0 Å². The van der Waals surface area contributed by atoms with E-state index in [2.05, 4.69) is 26.1 Å². The molecule has 1 aromatic rings. The van der Waals surface area contributed by atoms with E-state index in [1.54, 1.807) is 12.1 Å². The average molecular weight is 328 g/mol. The van der Waals surface area contributed by atoms with Crippen LogP contribution in [0, 0.1) is 10.1 Å². The summed E-state index contributed by atoms with van der Waals surface area (Å²) in [6.07, 6.45) is 3.35. The minimum atomic E-state index is -0.299. The molecule has 1 atom stereocenters. The second kappa shape index (κ2) is 6.34. The Labute approximate surface area is 121 Å². The third kappa shape index (κ3) is 3.25. The SMILES string of the molecule is CNCC1CCCCN1c1cc(Br)ccc1[N+](=O)[O-]. The first-order valence-corrected chi connectivity index (χ1v) is 7.28. The van der Waals surface area contributed by atoms with Gasteiger partial charge in [-0.3, -0.25) is 10.1 Å². The summed E-state index contributed by atoms with van der Waals surface area (Å²) in [5.74, 6) is 0. The lowest BCUT2D eigenvalue weighted by molar-refractivity contribution is -0.384. The van der Waals surface area contributed by atoms with Gasteiger partial charge in [0.2, 0.25) is 0 Å². The van der Waals surface area contributed by atoms with E-state index in [9.17, 15) is 10.1 Å². The second-order valence-electron chi connectivity index (χ2n) is 4.79. The highest BCUT2D eigenvalue weighted by Crippen LogP contribution is 2.34. The van der Waals surface area contributed by atoms with Crippen LogP contribution in [-0.4, -0.2) is 31.1 Å². The summed E-state index contributed by atoms with van der Waals surface area (Å²) in [5.41, 5.74) is 0.908. The number of nitro benzene ring substituents is 1. The van der Waals surface area contributed by atoms with E-state index in [-0.39, 0.29) is 10.6 Å². The van der Waals surface area contributed by atoms with Gasteiger partial charge in [-0.25, -0.2) is 0 Å². The summed E-state index contributed by atoms with van der Waals surface area (Å²) in [7, 11) is 1.92. The van der Waals surface area contributed by atoms with Crippen molar-refractivity contribution in [3.8, 4) is 0 Å². The first kappa shape index (κ1) is 14.3. The summed E-state index contributed by atoms with van der Waals surface area (Å²) in [6, 6.07) is 5.47. The smallest absolute Gasteiger partial charge is 0.292 e. The first-order chi connectivity index (χ1) is 9.13. The van der Waals surface area contributed by atoms with Crippen LogP contribution in [0.5, 0.6) is 0 Å². The molecule has 1 saturated heterocycles. The molecule has 0 aliphatic carbocycles. The quantitative estimate of drug-likeness (QED) is 0.682. The third-order valence-corrected chi connectivity index (χ3v) is 4.00. The molecule has 6 heteroatoms. The summed E-state index contributed by atoms with van der Waals surface area (Å²) < 4.78 is 0.877. The molecule has 1 aliphatic heterocycles. The van der Waals surface area contributed by atoms with Crippen molar-refractivity contribution in [2.45, 2.75) is 25.3 Å². The van der Waals surface area contributed by atoms with E-state index in [4.69, 9.17) is 0 Å². The lowest BCUT2D eigenvalue weighted by atomic mass is 10.0. The fraction of sp³-hybridized carbons (Fsp3) is 0.538. The zero-order valence-electron chi connectivity index (χ0n) is 10.9. The zero-order valence-corrected chi connectivity index (χ0v) is 12.5. The van der Waals surface area contributed by atoms with Gasteiger partial charge in [0.1, 0.15) is 5.69 Å². The number of piperidine rings is 1. The molecule has 5 nitrogen and oxygen atoms in total. The van der Waals surface area contributed by atoms with Crippen molar-refractivity contribution in [1.82, 2.24) is 5.32 Å². The number of nitrogens with zero attached hydrogens (tertiary/aromatic N) is 2. The van der Waals surface area contributed by atoms with Crippen molar-refractivity contribution in [2.24, 2.45) is 0 Å². The highest BCUT2D eigenvalue weighted by Gasteiger charge is 2.27. The molecule has 19 heavy (non-hydrogen) atoms. The van der Waals surface area contributed by atoms with Crippen LogP contribution in [0.25, 0.3) is 0 Å². The van der Waals surface area contributed by atoms with Gasteiger partial charge in [0.15, 0.2) is 0 Å². The van der Waals surface area contributed by atoms with Gasteiger partial charge >= 0.3 is 0 Å². The molecule has 1 aromatic carbocycles. The number of likely N-dealkylation sites (N-methyl/N-ethyl adjacent to an activating group) is 1. The maximum Gasteiger partial charge on any atom is 0.292 e. The normalized spacial score (nSPS) is 19.5.